The molecule has 0 aliphatic heterocycles. The molecule has 1 N–H and O–H groups in total. The van der Waals surface area contributed by atoms with Crippen LogP contribution in [0.2, 0.25) is 0 Å². The second-order valence-corrected chi connectivity index (χ2v) is 7.66. The number of rotatable bonds is 7. The smallest absolute Gasteiger partial charge is 0.409 e. The van der Waals surface area contributed by atoms with E-state index in [1.54, 1.807) is 6.07 Å². The number of carbonyl (C=O) groups excluding carboxylic acids is 1. The molecule has 1 aliphatic rings. The molecule has 0 amide bonds. The van der Waals surface area contributed by atoms with Crippen LogP contribution in [-0.4, -0.2) is 10.5 Å². The zero-order valence-corrected chi connectivity index (χ0v) is 16.7. The number of hydrogen-bond acceptors (Lipinski definition) is 3. The standard InChI is InChI=1S/C22H29ClO3/c1-5-6-7-8-16-12-19(24)21(20(13-16)26-22(23)25)18-11-15(4)9-10-17(18)14(2)3/h11-13,17-18,24H,2,5-10H2,1,3-4H3/t17-,18+/m0/s1. The van der Waals surface area contributed by atoms with Gasteiger partial charge in [-0.15, -0.1) is 0 Å². The van der Waals surface area contributed by atoms with Crippen molar-refractivity contribution in [2.24, 2.45) is 5.92 Å². The first-order valence-electron chi connectivity index (χ1n) is 9.39. The highest BCUT2D eigenvalue weighted by molar-refractivity contribution is 6.61. The van der Waals surface area contributed by atoms with Gasteiger partial charge in [-0.1, -0.05) is 43.6 Å². The molecule has 0 unspecified atom stereocenters. The quantitative estimate of drug-likeness (QED) is 0.320. The Kier molecular flexibility index (Phi) is 7.33. The Balaban J connectivity index is 2.49. The van der Waals surface area contributed by atoms with Crippen molar-refractivity contribution in [3.8, 4) is 11.5 Å². The largest absolute Gasteiger partial charge is 0.507 e. The van der Waals surface area contributed by atoms with Crippen LogP contribution in [0.1, 0.15) is 69.9 Å². The van der Waals surface area contributed by atoms with Crippen LogP contribution in [-0.2, 0) is 6.42 Å². The first kappa shape index (κ1) is 20.6. The van der Waals surface area contributed by atoms with Crippen molar-refractivity contribution < 1.29 is 14.6 Å². The number of carbonyl (C=O) groups is 1. The molecule has 142 valence electrons. The summed E-state index contributed by atoms with van der Waals surface area (Å²) in [6.45, 7) is 10.4. The Morgan fingerprint density at radius 2 is 2.12 bits per heavy atom. The summed E-state index contributed by atoms with van der Waals surface area (Å²) in [4.78, 5) is 11.4. The average molecular weight is 377 g/mol. The average Bonchev–Trinajstić information content (AvgIpc) is 2.54. The Labute approximate surface area is 161 Å². The zero-order chi connectivity index (χ0) is 19.3. The van der Waals surface area contributed by atoms with E-state index in [1.807, 2.05) is 13.0 Å². The lowest BCUT2D eigenvalue weighted by molar-refractivity contribution is 0.224. The zero-order valence-electron chi connectivity index (χ0n) is 16.0. The molecule has 1 aromatic carbocycles. The number of unbranched alkanes of at least 4 members (excludes halogenated alkanes) is 2. The van der Waals surface area contributed by atoms with Gasteiger partial charge in [-0.3, -0.25) is 0 Å². The normalized spacial score (nSPS) is 19.8. The topological polar surface area (TPSA) is 46.5 Å². The first-order valence-corrected chi connectivity index (χ1v) is 9.77. The highest BCUT2D eigenvalue weighted by atomic mass is 35.5. The first-order chi connectivity index (χ1) is 12.3. The number of allylic oxidation sites excluding steroid dienone is 3. The summed E-state index contributed by atoms with van der Waals surface area (Å²) in [6.07, 6.45) is 8.23. The molecule has 0 heterocycles. The third kappa shape index (κ3) is 5.14. The molecule has 1 aliphatic carbocycles. The molecule has 2 atom stereocenters. The second-order valence-electron chi connectivity index (χ2n) is 7.35. The summed E-state index contributed by atoms with van der Waals surface area (Å²) >= 11 is 5.51. The lowest BCUT2D eigenvalue weighted by Crippen LogP contribution is -2.18. The molecule has 0 bridgehead atoms. The van der Waals surface area contributed by atoms with E-state index in [9.17, 15) is 9.90 Å². The molecule has 0 fully saturated rings. The maximum absolute atomic E-state index is 11.4. The number of phenolic OH excluding ortho intramolecular Hbond substituents is 1. The third-order valence-electron chi connectivity index (χ3n) is 5.15. The summed E-state index contributed by atoms with van der Waals surface area (Å²) in [5.41, 5.74) is 3.02. The molecule has 0 saturated heterocycles. The summed E-state index contributed by atoms with van der Waals surface area (Å²) in [5, 5.41) is 10.8. The second kappa shape index (κ2) is 9.27. The monoisotopic (exact) mass is 376 g/mol. The molecular formula is C22H29ClO3. The molecule has 2 rings (SSSR count). The fourth-order valence-electron chi connectivity index (χ4n) is 3.80. The lowest BCUT2D eigenvalue weighted by atomic mass is 9.73. The van der Waals surface area contributed by atoms with Crippen LogP contribution in [0.3, 0.4) is 0 Å². The van der Waals surface area contributed by atoms with E-state index in [0.717, 1.165) is 49.7 Å². The molecule has 0 radical (unpaired) electrons. The Bertz CT molecular complexity index is 706. The van der Waals surface area contributed by atoms with Crippen molar-refractivity contribution in [3.63, 3.8) is 0 Å². The predicted molar refractivity (Wildman–Crippen MR) is 107 cm³/mol. The van der Waals surface area contributed by atoms with Crippen molar-refractivity contribution in [3.05, 3.63) is 47.1 Å². The summed E-state index contributed by atoms with van der Waals surface area (Å²) in [7, 11) is 0. The van der Waals surface area contributed by atoms with Crippen molar-refractivity contribution in [1.82, 2.24) is 0 Å². The van der Waals surface area contributed by atoms with E-state index in [0.29, 0.717) is 11.3 Å². The van der Waals surface area contributed by atoms with Crippen LogP contribution in [0.15, 0.2) is 35.9 Å². The molecule has 4 heteroatoms. The van der Waals surface area contributed by atoms with Gasteiger partial charge in [0.05, 0.1) is 0 Å². The molecular weight excluding hydrogens is 348 g/mol. The maximum atomic E-state index is 11.4. The van der Waals surface area contributed by atoms with Crippen molar-refractivity contribution in [2.45, 2.75) is 65.2 Å². The fraction of sp³-hybridized carbons (Fsp3) is 0.500. The molecule has 26 heavy (non-hydrogen) atoms. The van der Waals surface area contributed by atoms with Gasteiger partial charge in [0.2, 0.25) is 0 Å². The number of halogens is 1. The van der Waals surface area contributed by atoms with Gasteiger partial charge in [-0.2, -0.15) is 0 Å². The maximum Gasteiger partial charge on any atom is 0.409 e. The molecule has 0 saturated carbocycles. The van der Waals surface area contributed by atoms with E-state index in [1.165, 1.54) is 5.57 Å². The minimum Gasteiger partial charge on any atom is -0.507 e. The van der Waals surface area contributed by atoms with E-state index >= 15 is 0 Å². The minimum atomic E-state index is -0.889. The van der Waals surface area contributed by atoms with E-state index < -0.39 is 5.43 Å². The molecule has 0 aromatic heterocycles. The number of hydrogen-bond donors (Lipinski definition) is 1. The lowest BCUT2D eigenvalue weighted by Gasteiger charge is -2.32. The highest BCUT2D eigenvalue weighted by Crippen LogP contribution is 2.47. The Hall–Kier alpha value is -1.74. The SMILES string of the molecule is C=C(C)[C@@H]1CCC(C)=C[C@H]1c1c(O)cc(CCCCC)cc1OC(=O)Cl. The van der Waals surface area contributed by atoms with Crippen LogP contribution in [0.5, 0.6) is 11.5 Å². The number of benzene rings is 1. The van der Waals surface area contributed by atoms with Gasteiger partial charge in [0, 0.05) is 23.1 Å². The van der Waals surface area contributed by atoms with Crippen LogP contribution in [0.25, 0.3) is 0 Å². The van der Waals surface area contributed by atoms with Crippen LogP contribution >= 0.6 is 11.6 Å². The van der Waals surface area contributed by atoms with Gasteiger partial charge in [-0.05, 0) is 63.1 Å². The number of phenols is 1. The number of ether oxygens (including phenoxy) is 1. The summed E-state index contributed by atoms with van der Waals surface area (Å²) in [6, 6.07) is 3.64. The van der Waals surface area contributed by atoms with Crippen molar-refractivity contribution in [1.29, 1.82) is 0 Å². The Morgan fingerprint density at radius 3 is 2.73 bits per heavy atom. The Morgan fingerprint density at radius 1 is 1.38 bits per heavy atom. The highest BCUT2D eigenvalue weighted by Gasteiger charge is 2.31. The summed E-state index contributed by atoms with van der Waals surface area (Å²) < 4.78 is 5.30. The number of aromatic hydroxyl groups is 1. The molecule has 3 nitrogen and oxygen atoms in total. The summed E-state index contributed by atoms with van der Waals surface area (Å²) in [5.74, 6) is 0.646. The van der Waals surface area contributed by atoms with Gasteiger partial charge in [-0.25, -0.2) is 4.79 Å². The van der Waals surface area contributed by atoms with E-state index in [-0.39, 0.29) is 17.6 Å². The van der Waals surface area contributed by atoms with Crippen LogP contribution in [0, 0.1) is 5.92 Å². The van der Waals surface area contributed by atoms with Crippen LogP contribution in [0.4, 0.5) is 4.79 Å². The van der Waals surface area contributed by atoms with Gasteiger partial charge in [0.25, 0.3) is 0 Å². The predicted octanol–water partition coefficient (Wildman–Crippen LogP) is 6.88. The molecule has 1 aromatic rings. The van der Waals surface area contributed by atoms with E-state index in [2.05, 4.69) is 26.5 Å². The third-order valence-corrected chi connectivity index (χ3v) is 5.23. The van der Waals surface area contributed by atoms with Crippen molar-refractivity contribution >= 4 is 17.0 Å². The van der Waals surface area contributed by atoms with Crippen LogP contribution < -0.4 is 4.74 Å². The van der Waals surface area contributed by atoms with Crippen molar-refractivity contribution in [2.75, 3.05) is 0 Å². The van der Waals surface area contributed by atoms with Gasteiger partial charge in [0.1, 0.15) is 11.5 Å². The van der Waals surface area contributed by atoms with Gasteiger partial charge < -0.3 is 9.84 Å². The molecule has 0 spiro atoms. The van der Waals surface area contributed by atoms with E-state index in [4.69, 9.17) is 16.3 Å². The minimum absolute atomic E-state index is 0.0723. The van der Waals surface area contributed by atoms with Gasteiger partial charge in [0.15, 0.2) is 0 Å². The van der Waals surface area contributed by atoms with Gasteiger partial charge >= 0.3 is 5.43 Å². The fourth-order valence-corrected chi connectivity index (χ4v) is 3.89. The number of aryl methyl sites for hydroxylation is 1.